The van der Waals surface area contributed by atoms with Crippen LogP contribution in [0.1, 0.15) is 25.2 Å². The van der Waals surface area contributed by atoms with Crippen LogP contribution in [0.2, 0.25) is 0 Å². The van der Waals surface area contributed by atoms with Gasteiger partial charge in [0.25, 0.3) is 11.4 Å². The summed E-state index contributed by atoms with van der Waals surface area (Å²) in [7, 11) is -3.84. The Balaban J connectivity index is 2.29. The van der Waals surface area contributed by atoms with Gasteiger partial charge in [0.15, 0.2) is 5.78 Å². The van der Waals surface area contributed by atoms with Crippen molar-refractivity contribution in [3.8, 4) is 0 Å². The predicted octanol–water partition coefficient (Wildman–Crippen LogP) is 6.03. The number of nitrogens with zero attached hydrogens (tertiary/aromatic N) is 2. The maximum absolute atomic E-state index is 13.7. The van der Waals surface area contributed by atoms with Crippen molar-refractivity contribution in [2.75, 3.05) is 18.5 Å². The molecule has 0 spiro atoms. The maximum atomic E-state index is 13.7. The minimum absolute atomic E-state index is 0.00955. The second-order valence-corrected chi connectivity index (χ2v) is 8.80. The minimum Gasteiger partial charge on any atom is -0.362 e. The summed E-state index contributed by atoms with van der Waals surface area (Å²) in [6, 6.07) is 15.8. The summed E-state index contributed by atoms with van der Waals surface area (Å²) in [5.74, 6) is -1.09. The van der Waals surface area contributed by atoms with Crippen LogP contribution in [-0.4, -0.2) is 23.1 Å². The van der Waals surface area contributed by atoms with E-state index in [0.29, 0.717) is 5.56 Å². The summed E-state index contributed by atoms with van der Waals surface area (Å²) in [5.41, 5.74) is -0.401. The van der Waals surface area contributed by atoms with E-state index in [1.807, 2.05) is 0 Å². The van der Waals surface area contributed by atoms with Crippen molar-refractivity contribution in [3.63, 3.8) is 0 Å². The van der Waals surface area contributed by atoms with Gasteiger partial charge in [0.1, 0.15) is 5.69 Å². The standard InChI is InChI=1S/C21H22N3O7P/c1-3-30-32(29,31-4-2)21(15-10-6-5-7-11-15)22-20-17-13-9-8-12-16(17)18(23(25)26)14-19(20)24(27)28/h5-14,21-22H,3-4H2,1-2H3. The quantitative estimate of drug-likeness (QED) is 0.220. The lowest BCUT2D eigenvalue weighted by Gasteiger charge is -2.28. The van der Waals surface area contributed by atoms with Crippen LogP contribution in [0.4, 0.5) is 17.1 Å². The molecular weight excluding hydrogens is 437 g/mol. The third-order valence-electron chi connectivity index (χ3n) is 4.73. The van der Waals surface area contributed by atoms with E-state index < -0.39 is 34.6 Å². The lowest BCUT2D eigenvalue weighted by molar-refractivity contribution is -0.392. The second-order valence-electron chi connectivity index (χ2n) is 6.68. The minimum atomic E-state index is -3.84. The molecule has 32 heavy (non-hydrogen) atoms. The molecule has 0 bridgehead atoms. The summed E-state index contributed by atoms with van der Waals surface area (Å²) >= 11 is 0. The van der Waals surface area contributed by atoms with E-state index in [1.54, 1.807) is 56.3 Å². The van der Waals surface area contributed by atoms with Gasteiger partial charge in [-0.1, -0.05) is 48.5 Å². The number of fused-ring (bicyclic) bond motifs is 1. The first kappa shape index (κ1) is 23.3. The van der Waals surface area contributed by atoms with E-state index in [4.69, 9.17) is 9.05 Å². The molecular formula is C21H22N3O7P. The van der Waals surface area contributed by atoms with Crippen molar-refractivity contribution in [3.05, 3.63) is 86.5 Å². The van der Waals surface area contributed by atoms with Crippen molar-refractivity contribution in [1.29, 1.82) is 0 Å². The van der Waals surface area contributed by atoms with E-state index in [0.717, 1.165) is 6.07 Å². The molecule has 0 aromatic heterocycles. The molecule has 0 aliphatic rings. The third-order valence-corrected chi connectivity index (χ3v) is 7.02. The Morgan fingerprint density at radius 3 is 1.94 bits per heavy atom. The Hall–Kier alpha value is -3.33. The number of hydrogen-bond acceptors (Lipinski definition) is 8. The predicted molar refractivity (Wildman–Crippen MR) is 121 cm³/mol. The lowest BCUT2D eigenvalue weighted by Crippen LogP contribution is -2.16. The van der Waals surface area contributed by atoms with Crippen LogP contribution in [-0.2, 0) is 13.6 Å². The SMILES string of the molecule is CCOP(=O)(OCC)C(Nc1c([N+](=O)[O-])cc([N+](=O)[O-])c2ccccc12)c1ccccc1. The van der Waals surface area contributed by atoms with Crippen LogP contribution in [0, 0.1) is 20.2 Å². The van der Waals surface area contributed by atoms with E-state index in [-0.39, 0.29) is 29.7 Å². The van der Waals surface area contributed by atoms with E-state index in [2.05, 4.69) is 5.32 Å². The van der Waals surface area contributed by atoms with Crippen molar-refractivity contribution in [1.82, 2.24) is 0 Å². The molecule has 0 saturated carbocycles. The van der Waals surface area contributed by atoms with Gasteiger partial charge >= 0.3 is 7.60 Å². The van der Waals surface area contributed by atoms with Crippen molar-refractivity contribution in [2.45, 2.75) is 19.6 Å². The number of rotatable bonds is 10. The fourth-order valence-corrected chi connectivity index (χ4v) is 5.37. The Morgan fingerprint density at radius 1 is 0.875 bits per heavy atom. The molecule has 168 valence electrons. The number of benzene rings is 3. The number of nitrogens with one attached hydrogen (secondary N) is 1. The highest BCUT2D eigenvalue weighted by Gasteiger charge is 2.39. The van der Waals surface area contributed by atoms with Crippen LogP contribution in [0.25, 0.3) is 10.8 Å². The molecule has 0 fully saturated rings. The zero-order valence-electron chi connectivity index (χ0n) is 17.5. The number of non-ortho nitro benzene ring substituents is 1. The molecule has 1 N–H and O–H groups in total. The molecule has 3 rings (SSSR count). The maximum Gasteiger partial charge on any atom is 0.357 e. The molecule has 0 heterocycles. The molecule has 3 aromatic rings. The highest BCUT2D eigenvalue weighted by atomic mass is 31.2. The lowest BCUT2D eigenvalue weighted by atomic mass is 10.0. The molecule has 1 unspecified atom stereocenters. The van der Waals surface area contributed by atoms with Gasteiger partial charge < -0.3 is 14.4 Å². The smallest absolute Gasteiger partial charge is 0.357 e. The van der Waals surface area contributed by atoms with Gasteiger partial charge in [-0.2, -0.15) is 0 Å². The monoisotopic (exact) mass is 459 g/mol. The molecule has 10 nitrogen and oxygen atoms in total. The second kappa shape index (κ2) is 9.86. The summed E-state index contributed by atoms with van der Waals surface area (Å²) in [4.78, 5) is 22.0. The number of nitro groups is 2. The molecule has 0 aliphatic heterocycles. The van der Waals surface area contributed by atoms with Crippen LogP contribution in [0.3, 0.4) is 0 Å². The Bertz CT molecular complexity index is 1180. The molecule has 0 amide bonds. The van der Waals surface area contributed by atoms with Crippen molar-refractivity contribution < 1.29 is 23.5 Å². The van der Waals surface area contributed by atoms with Gasteiger partial charge in [0, 0.05) is 5.39 Å². The van der Waals surface area contributed by atoms with Gasteiger partial charge in [0.05, 0.1) is 34.5 Å². The Labute approximate surface area is 184 Å². The first-order valence-corrected chi connectivity index (χ1v) is 11.5. The van der Waals surface area contributed by atoms with Crippen LogP contribution >= 0.6 is 7.60 Å². The van der Waals surface area contributed by atoms with Crippen molar-refractivity contribution in [2.24, 2.45) is 0 Å². The first-order valence-electron chi connectivity index (χ1n) is 9.87. The molecule has 0 aliphatic carbocycles. The van der Waals surface area contributed by atoms with Gasteiger partial charge in [0.2, 0.25) is 0 Å². The summed E-state index contributed by atoms with van der Waals surface area (Å²) in [5, 5.41) is 26.9. The van der Waals surface area contributed by atoms with Crippen LogP contribution in [0.5, 0.6) is 0 Å². The van der Waals surface area contributed by atoms with Gasteiger partial charge in [-0.05, 0) is 25.5 Å². The van der Waals surface area contributed by atoms with Crippen molar-refractivity contribution >= 4 is 35.4 Å². The average molecular weight is 459 g/mol. The zero-order chi connectivity index (χ0) is 23.3. The molecule has 0 saturated heterocycles. The van der Waals surface area contributed by atoms with Gasteiger partial charge in [-0.25, -0.2) is 0 Å². The number of hydrogen-bond donors (Lipinski definition) is 1. The van der Waals surface area contributed by atoms with E-state index >= 15 is 0 Å². The Kier molecular flexibility index (Phi) is 7.19. The topological polar surface area (TPSA) is 134 Å². The normalized spacial score (nSPS) is 12.4. The molecule has 11 heteroatoms. The largest absolute Gasteiger partial charge is 0.362 e. The van der Waals surface area contributed by atoms with Crippen LogP contribution in [0.15, 0.2) is 60.7 Å². The molecule has 1 atom stereocenters. The molecule has 3 aromatic carbocycles. The zero-order valence-corrected chi connectivity index (χ0v) is 18.4. The fraction of sp³-hybridized carbons (Fsp3) is 0.238. The van der Waals surface area contributed by atoms with E-state index in [9.17, 15) is 24.8 Å². The third kappa shape index (κ3) is 4.62. The van der Waals surface area contributed by atoms with Crippen LogP contribution < -0.4 is 5.32 Å². The van der Waals surface area contributed by atoms with Gasteiger partial charge in [-0.15, -0.1) is 0 Å². The Morgan fingerprint density at radius 2 is 1.41 bits per heavy atom. The first-order chi connectivity index (χ1) is 15.3. The summed E-state index contributed by atoms with van der Waals surface area (Å²) in [6.45, 7) is 3.51. The summed E-state index contributed by atoms with van der Waals surface area (Å²) < 4.78 is 24.8. The fourth-order valence-electron chi connectivity index (χ4n) is 3.45. The molecule has 0 radical (unpaired) electrons. The highest BCUT2D eigenvalue weighted by molar-refractivity contribution is 7.54. The summed E-state index contributed by atoms with van der Waals surface area (Å²) in [6.07, 6.45) is 0. The van der Waals surface area contributed by atoms with Gasteiger partial charge in [-0.3, -0.25) is 24.8 Å². The number of nitro benzene ring substituents is 2. The van der Waals surface area contributed by atoms with E-state index in [1.165, 1.54) is 12.1 Å². The highest BCUT2D eigenvalue weighted by Crippen LogP contribution is 2.61. The average Bonchev–Trinajstić information content (AvgIpc) is 2.77. The number of anilines is 1.